The van der Waals surface area contributed by atoms with Crippen LogP contribution in [0.3, 0.4) is 0 Å². The van der Waals surface area contributed by atoms with Crippen molar-refractivity contribution in [1.29, 1.82) is 0 Å². The molecule has 1 amide bonds. The topological polar surface area (TPSA) is 69.9 Å². The first-order valence-electron chi connectivity index (χ1n) is 8.93. The lowest BCUT2D eigenvalue weighted by Crippen LogP contribution is -2.44. The third kappa shape index (κ3) is 3.54. The second kappa shape index (κ2) is 7.20. The molecule has 0 bridgehead atoms. The first-order valence-corrected chi connectivity index (χ1v) is 8.93. The molecule has 1 aliphatic heterocycles. The number of likely N-dealkylation sites (N-methyl/N-ethyl adjacent to an activating group) is 1. The lowest BCUT2D eigenvalue weighted by Gasteiger charge is -2.34. The number of fused-ring (bicyclic) bond motifs is 1. The maximum Gasteiger partial charge on any atom is 0.270 e. The number of carbonyl (C=O) groups is 1. The smallest absolute Gasteiger partial charge is 0.270 e. The van der Waals surface area contributed by atoms with Crippen LogP contribution in [0.4, 0.5) is 11.4 Å². The van der Waals surface area contributed by atoms with Crippen LogP contribution in [-0.2, 0) is 0 Å². The van der Waals surface area contributed by atoms with Crippen LogP contribution in [0.25, 0.3) is 5.65 Å². The van der Waals surface area contributed by atoms with Gasteiger partial charge in [0.2, 0.25) is 0 Å². The van der Waals surface area contributed by atoms with Gasteiger partial charge in [-0.2, -0.15) is 0 Å². The van der Waals surface area contributed by atoms with Crippen molar-refractivity contribution in [2.45, 2.75) is 0 Å². The summed E-state index contributed by atoms with van der Waals surface area (Å²) in [5.74, 6) is -0.460. The summed E-state index contributed by atoms with van der Waals surface area (Å²) >= 11 is 0. The highest BCUT2D eigenvalue weighted by molar-refractivity contribution is 6.04. The molecule has 0 spiro atoms. The number of amides is 1. The van der Waals surface area contributed by atoms with E-state index in [1.165, 1.54) is 10.6 Å². The number of hydrogen-bond donors (Lipinski definition) is 1. The van der Waals surface area contributed by atoms with Crippen LogP contribution in [0.2, 0.25) is 0 Å². The van der Waals surface area contributed by atoms with Crippen LogP contribution in [-0.4, -0.2) is 53.4 Å². The van der Waals surface area contributed by atoms with E-state index in [-0.39, 0.29) is 11.1 Å². The number of carbonyl (C=O) groups excluding carboxylic acids is 1. The predicted octanol–water partition coefficient (Wildman–Crippen LogP) is 1.70. The van der Waals surface area contributed by atoms with Crippen LogP contribution >= 0.6 is 0 Å². The Kier molecular flexibility index (Phi) is 4.60. The predicted molar refractivity (Wildman–Crippen MR) is 106 cm³/mol. The molecule has 138 valence electrons. The van der Waals surface area contributed by atoms with Crippen LogP contribution in [0, 0.1) is 0 Å². The first kappa shape index (κ1) is 17.2. The molecular formula is C20H21N5O2. The van der Waals surface area contributed by atoms with Crippen molar-refractivity contribution in [3.05, 3.63) is 70.8 Å². The Morgan fingerprint density at radius 2 is 1.78 bits per heavy atom. The SMILES string of the molecule is CN1CCN(c2ccc(NC(=O)c3cnc4ccccn4c3=O)cc2)CC1. The Morgan fingerprint density at radius 3 is 2.52 bits per heavy atom. The van der Waals surface area contributed by atoms with Gasteiger partial charge in [-0.3, -0.25) is 14.0 Å². The summed E-state index contributed by atoms with van der Waals surface area (Å²) in [6.45, 7) is 4.05. The van der Waals surface area contributed by atoms with Crippen molar-refractivity contribution in [1.82, 2.24) is 14.3 Å². The molecule has 3 heterocycles. The number of anilines is 2. The highest BCUT2D eigenvalue weighted by atomic mass is 16.2. The largest absolute Gasteiger partial charge is 0.369 e. The molecule has 0 aliphatic carbocycles. The Morgan fingerprint density at radius 1 is 1.04 bits per heavy atom. The van der Waals surface area contributed by atoms with Gasteiger partial charge < -0.3 is 15.1 Å². The Bertz CT molecular complexity index is 1020. The molecule has 0 unspecified atom stereocenters. The summed E-state index contributed by atoms with van der Waals surface area (Å²) in [5.41, 5.74) is 1.92. The molecule has 1 saturated heterocycles. The minimum absolute atomic E-state index is 0.0156. The summed E-state index contributed by atoms with van der Waals surface area (Å²) in [7, 11) is 2.13. The summed E-state index contributed by atoms with van der Waals surface area (Å²) < 4.78 is 1.37. The highest BCUT2D eigenvalue weighted by Gasteiger charge is 2.15. The maximum absolute atomic E-state index is 12.5. The molecule has 1 fully saturated rings. The van der Waals surface area contributed by atoms with Gasteiger partial charge in [0.15, 0.2) is 0 Å². The lowest BCUT2D eigenvalue weighted by atomic mass is 10.2. The van der Waals surface area contributed by atoms with Crippen molar-refractivity contribution >= 4 is 22.9 Å². The first-order chi connectivity index (χ1) is 13.1. The van der Waals surface area contributed by atoms with Gasteiger partial charge in [-0.05, 0) is 43.4 Å². The summed E-state index contributed by atoms with van der Waals surface area (Å²) in [6.07, 6.45) is 2.93. The number of aromatic nitrogens is 2. The van der Waals surface area contributed by atoms with Gasteiger partial charge in [0.05, 0.1) is 0 Å². The molecule has 7 nitrogen and oxygen atoms in total. The van der Waals surface area contributed by atoms with Crippen LogP contribution in [0.15, 0.2) is 59.7 Å². The van der Waals surface area contributed by atoms with E-state index in [9.17, 15) is 9.59 Å². The fraction of sp³-hybridized carbons (Fsp3) is 0.250. The van der Waals surface area contributed by atoms with Gasteiger partial charge in [-0.25, -0.2) is 4.98 Å². The molecule has 0 radical (unpaired) electrons. The lowest BCUT2D eigenvalue weighted by molar-refractivity contribution is 0.102. The van der Waals surface area contributed by atoms with E-state index in [4.69, 9.17) is 0 Å². The third-order valence-electron chi connectivity index (χ3n) is 4.85. The zero-order valence-corrected chi connectivity index (χ0v) is 15.1. The van der Waals surface area contributed by atoms with E-state index in [2.05, 4.69) is 27.1 Å². The maximum atomic E-state index is 12.5. The van der Waals surface area contributed by atoms with Crippen molar-refractivity contribution < 1.29 is 4.79 Å². The number of piperazine rings is 1. The van der Waals surface area contributed by atoms with Gasteiger partial charge in [0, 0.05) is 49.9 Å². The fourth-order valence-corrected chi connectivity index (χ4v) is 3.20. The molecule has 1 aliphatic rings. The number of pyridine rings is 1. The van der Waals surface area contributed by atoms with E-state index >= 15 is 0 Å². The van der Waals surface area contributed by atoms with Crippen LogP contribution < -0.4 is 15.8 Å². The van der Waals surface area contributed by atoms with Gasteiger partial charge in [0.25, 0.3) is 11.5 Å². The molecule has 1 aromatic carbocycles. The molecular weight excluding hydrogens is 342 g/mol. The Labute approximate surface area is 156 Å². The van der Waals surface area contributed by atoms with Gasteiger partial charge >= 0.3 is 0 Å². The highest BCUT2D eigenvalue weighted by Crippen LogP contribution is 2.19. The average molecular weight is 363 g/mol. The summed E-state index contributed by atoms with van der Waals surface area (Å²) in [5, 5.41) is 2.78. The van der Waals surface area contributed by atoms with Crippen molar-refractivity contribution in [3.8, 4) is 0 Å². The second-order valence-electron chi connectivity index (χ2n) is 6.70. The van der Waals surface area contributed by atoms with Gasteiger partial charge in [-0.15, -0.1) is 0 Å². The standard InChI is InChI=1S/C20H21N5O2/c1-23-10-12-24(13-11-23)16-7-5-15(6-8-16)22-19(26)17-14-21-18-4-2-3-9-25(18)20(17)27/h2-9,14H,10-13H2,1H3,(H,22,26). The third-order valence-corrected chi connectivity index (χ3v) is 4.85. The van der Waals surface area contributed by atoms with Crippen LogP contribution in [0.5, 0.6) is 0 Å². The van der Waals surface area contributed by atoms with E-state index in [1.807, 2.05) is 24.3 Å². The summed E-state index contributed by atoms with van der Waals surface area (Å²) in [4.78, 5) is 33.8. The second-order valence-corrected chi connectivity index (χ2v) is 6.70. The van der Waals surface area contributed by atoms with E-state index in [0.29, 0.717) is 11.3 Å². The minimum Gasteiger partial charge on any atom is -0.369 e. The molecule has 7 heteroatoms. The summed E-state index contributed by atoms with van der Waals surface area (Å²) in [6, 6.07) is 13.0. The molecule has 0 atom stereocenters. The normalized spacial score (nSPS) is 15.1. The number of benzene rings is 1. The van der Waals surface area contributed by atoms with Crippen molar-refractivity contribution in [3.63, 3.8) is 0 Å². The molecule has 1 N–H and O–H groups in total. The van der Waals surface area contributed by atoms with Crippen molar-refractivity contribution in [2.75, 3.05) is 43.4 Å². The Balaban J connectivity index is 1.50. The molecule has 3 aromatic rings. The van der Waals surface area contributed by atoms with Gasteiger partial charge in [0.1, 0.15) is 11.2 Å². The van der Waals surface area contributed by atoms with Gasteiger partial charge in [-0.1, -0.05) is 6.07 Å². The zero-order chi connectivity index (χ0) is 18.8. The number of hydrogen-bond acceptors (Lipinski definition) is 5. The minimum atomic E-state index is -0.460. The fourth-order valence-electron chi connectivity index (χ4n) is 3.20. The zero-order valence-electron chi connectivity index (χ0n) is 15.1. The molecule has 27 heavy (non-hydrogen) atoms. The van der Waals surface area contributed by atoms with E-state index in [1.54, 1.807) is 24.4 Å². The number of rotatable bonds is 3. The number of nitrogens with one attached hydrogen (secondary N) is 1. The van der Waals surface area contributed by atoms with E-state index in [0.717, 1.165) is 31.9 Å². The monoisotopic (exact) mass is 363 g/mol. The van der Waals surface area contributed by atoms with Crippen molar-refractivity contribution in [2.24, 2.45) is 0 Å². The average Bonchev–Trinajstić information content (AvgIpc) is 2.70. The molecule has 4 rings (SSSR count). The van der Waals surface area contributed by atoms with E-state index < -0.39 is 5.91 Å². The Hall–Kier alpha value is -3.19. The number of nitrogens with zero attached hydrogens (tertiary/aromatic N) is 4. The molecule has 0 saturated carbocycles. The molecule has 2 aromatic heterocycles. The quantitative estimate of drug-likeness (QED) is 0.767. The van der Waals surface area contributed by atoms with Crippen LogP contribution in [0.1, 0.15) is 10.4 Å².